The van der Waals surface area contributed by atoms with Crippen LogP contribution in [0.5, 0.6) is 5.75 Å². The predicted molar refractivity (Wildman–Crippen MR) is 152 cm³/mol. The van der Waals surface area contributed by atoms with Gasteiger partial charge in [-0.1, -0.05) is 28.9 Å². The van der Waals surface area contributed by atoms with Crippen LogP contribution in [0, 0.1) is 11.7 Å². The number of nitrogens with zero attached hydrogens (tertiary/aromatic N) is 2. The average molecular weight is 576 g/mol. The summed E-state index contributed by atoms with van der Waals surface area (Å²) in [6.07, 6.45) is 4.38. The zero-order valence-corrected chi connectivity index (χ0v) is 24.0. The third-order valence-corrected chi connectivity index (χ3v) is 7.04. The molecule has 1 aliphatic heterocycles. The number of piperidine rings is 1. The van der Waals surface area contributed by atoms with Gasteiger partial charge in [0.2, 0.25) is 0 Å². The number of carbonyl (C=O) groups is 1. The lowest BCUT2D eigenvalue weighted by atomic mass is 9.98. The molecular weight excluding hydrogens is 535 g/mol. The second kappa shape index (κ2) is 14.5. The van der Waals surface area contributed by atoms with Crippen LogP contribution in [0.2, 0.25) is 0 Å². The number of hydrogen-bond acceptors (Lipinski definition) is 4. The molecule has 2 aromatic carbocycles. The second-order valence-corrected chi connectivity index (χ2v) is 11.0. The lowest BCUT2D eigenvalue weighted by molar-refractivity contribution is 0.0974. The Bertz CT molecular complexity index is 1080. The van der Waals surface area contributed by atoms with Gasteiger partial charge in [-0.25, -0.2) is 4.39 Å². The molecule has 37 heavy (non-hydrogen) atoms. The van der Waals surface area contributed by atoms with E-state index >= 15 is 0 Å². The normalized spacial score (nSPS) is 16.6. The maximum Gasteiger partial charge on any atom is 0.258 e. The zero-order chi connectivity index (χ0) is 26.8. The second-order valence-electron chi connectivity index (χ2n) is 10.1. The van der Waals surface area contributed by atoms with E-state index in [1.807, 2.05) is 32.0 Å². The minimum Gasteiger partial charge on any atom is -0.496 e. The Balaban J connectivity index is 1.68. The highest BCUT2D eigenvalue weighted by atomic mass is 79.9. The van der Waals surface area contributed by atoms with Crippen LogP contribution in [-0.4, -0.2) is 56.1 Å². The van der Waals surface area contributed by atoms with Crippen molar-refractivity contribution in [2.24, 2.45) is 10.9 Å². The molecule has 1 aliphatic rings. The summed E-state index contributed by atoms with van der Waals surface area (Å²) in [6, 6.07) is 10.5. The van der Waals surface area contributed by atoms with E-state index in [2.05, 4.69) is 43.4 Å². The lowest BCUT2D eigenvalue weighted by Gasteiger charge is -2.30. The standard InChI is InChI=1S/C29H40BrFN4O2/c1-20(2)33-29(32-15-7-17-35-16-6-8-21(3)19-35)34-28(36)25-9-5-10-26(31)24(25)13-11-22-18-23(30)12-14-27(22)37-4/h5,9-10,12,14,18,20-21H,6-8,11,13,15-17,19H2,1-4H3,(H2,32,33,34,36). The third kappa shape index (κ3) is 9.11. The summed E-state index contributed by atoms with van der Waals surface area (Å²) in [5.74, 6) is 1.15. The van der Waals surface area contributed by atoms with E-state index in [0.717, 1.165) is 47.8 Å². The molecule has 0 aromatic heterocycles. The van der Waals surface area contributed by atoms with E-state index in [1.54, 1.807) is 19.2 Å². The number of guanidine groups is 1. The number of aliphatic imine (C=N–C) groups is 1. The molecule has 2 aromatic rings. The van der Waals surface area contributed by atoms with Gasteiger partial charge >= 0.3 is 0 Å². The molecule has 0 aliphatic carbocycles. The summed E-state index contributed by atoms with van der Waals surface area (Å²) in [7, 11) is 1.62. The Kier molecular flexibility index (Phi) is 11.4. The van der Waals surface area contributed by atoms with Gasteiger partial charge < -0.3 is 15.0 Å². The number of likely N-dealkylation sites (tertiary alicyclic amines) is 1. The van der Waals surface area contributed by atoms with E-state index in [-0.39, 0.29) is 11.9 Å². The van der Waals surface area contributed by atoms with Crippen molar-refractivity contribution in [1.29, 1.82) is 0 Å². The monoisotopic (exact) mass is 574 g/mol. The molecule has 3 rings (SSSR count). The first-order valence-corrected chi connectivity index (χ1v) is 14.0. The molecule has 1 unspecified atom stereocenters. The average Bonchev–Trinajstić information content (AvgIpc) is 2.85. The van der Waals surface area contributed by atoms with Crippen molar-refractivity contribution in [1.82, 2.24) is 15.5 Å². The Morgan fingerprint density at radius 1 is 1.27 bits per heavy atom. The van der Waals surface area contributed by atoms with Crippen LogP contribution in [0.25, 0.3) is 0 Å². The first-order valence-electron chi connectivity index (χ1n) is 13.2. The quantitative estimate of drug-likeness (QED) is 0.220. The van der Waals surface area contributed by atoms with Crippen molar-refractivity contribution in [3.8, 4) is 5.75 Å². The number of methoxy groups -OCH3 is 1. The van der Waals surface area contributed by atoms with Crippen LogP contribution in [-0.2, 0) is 12.8 Å². The molecule has 0 radical (unpaired) electrons. The topological polar surface area (TPSA) is 66.0 Å². The number of aryl methyl sites for hydroxylation is 1. The highest BCUT2D eigenvalue weighted by molar-refractivity contribution is 9.10. The molecule has 0 bridgehead atoms. The maximum absolute atomic E-state index is 14.9. The van der Waals surface area contributed by atoms with Crippen molar-refractivity contribution in [3.05, 3.63) is 63.4 Å². The molecular formula is C29H40BrFN4O2. The number of nitrogens with one attached hydrogen (secondary N) is 2. The fraction of sp³-hybridized carbons (Fsp3) is 0.517. The van der Waals surface area contributed by atoms with E-state index in [4.69, 9.17) is 4.74 Å². The van der Waals surface area contributed by atoms with Crippen molar-refractivity contribution in [3.63, 3.8) is 0 Å². The van der Waals surface area contributed by atoms with Gasteiger partial charge in [0, 0.05) is 34.7 Å². The molecule has 1 atom stereocenters. The maximum atomic E-state index is 14.9. The molecule has 8 heteroatoms. The highest BCUT2D eigenvalue weighted by Gasteiger charge is 2.18. The molecule has 202 valence electrons. The first-order chi connectivity index (χ1) is 17.8. The number of amides is 1. The van der Waals surface area contributed by atoms with Crippen molar-refractivity contribution in [2.75, 3.05) is 33.3 Å². The molecule has 0 saturated carbocycles. The number of rotatable bonds is 10. The van der Waals surface area contributed by atoms with Crippen LogP contribution in [0.3, 0.4) is 0 Å². The minimum atomic E-state index is -0.396. The fourth-order valence-electron chi connectivity index (χ4n) is 4.77. The summed E-state index contributed by atoms with van der Waals surface area (Å²) < 4.78 is 21.3. The number of halogens is 2. The number of carbonyl (C=O) groups excluding carboxylic acids is 1. The van der Waals surface area contributed by atoms with Gasteiger partial charge in [-0.15, -0.1) is 0 Å². The lowest BCUT2D eigenvalue weighted by Crippen LogP contribution is -2.44. The molecule has 2 N–H and O–H groups in total. The van der Waals surface area contributed by atoms with Gasteiger partial charge in [-0.05, 0) is 101 Å². The molecule has 1 heterocycles. The summed E-state index contributed by atoms with van der Waals surface area (Å²) >= 11 is 3.48. The first kappa shape index (κ1) is 29.1. The third-order valence-electron chi connectivity index (χ3n) is 6.55. The summed E-state index contributed by atoms with van der Waals surface area (Å²) in [5, 5.41) is 6.12. The highest BCUT2D eigenvalue weighted by Crippen LogP contribution is 2.25. The van der Waals surface area contributed by atoms with Crippen LogP contribution in [0.15, 0.2) is 45.9 Å². The number of hydrogen-bond donors (Lipinski definition) is 2. The van der Waals surface area contributed by atoms with Crippen molar-refractivity contribution < 1.29 is 13.9 Å². The minimum absolute atomic E-state index is 0.0953. The zero-order valence-electron chi connectivity index (χ0n) is 22.4. The molecule has 1 saturated heterocycles. The van der Waals surface area contributed by atoms with E-state index in [9.17, 15) is 9.18 Å². The van der Waals surface area contributed by atoms with Crippen LogP contribution >= 0.6 is 15.9 Å². The van der Waals surface area contributed by atoms with Crippen LogP contribution < -0.4 is 15.4 Å². The Morgan fingerprint density at radius 2 is 2.08 bits per heavy atom. The molecule has 0 spiro atoms. The summed E-state index contributed by atoms with van der Waals surface area (Å²) in [6.45, 7) is 10.2. The predicted octanol–water partition coefficient (Wildman–Crippen LogP) is 5.59. The van der Waals surface area contributed by atoms with Gasteiger partial charge in [0.25, 0.3) is 5.91 Å². The van der Waals surface area contributed by atoms with Crippen LogP contribution in [0.4, 0.5) is 4.39 Å². The smallest absolute Gasteiger partial charge is 0.258 e. The Hall–Kier alpha value is -2.45. The molecule has 1 fully saturated rings. The Labute approximate surface area is 229 Å². The van der Waals surface area contributed by atoms with Gasteiger partial charge in [0.15, 0.2) is 5.96 Å². The van der Waals surface area contributed by atoms with Gasteiger partial charge in [-0.2, -0.15) is 0 Å². The SMILES string of the molecule is COc1ccc(Br)cc1CCc1c(F)cccc1C(=O)NC(=NCCCN1CCCC(C)C1)NC(C)C. The van der Waals surface area contributed by atoms with Gasteiger partial charge in [0.05, 0.1) is 7.11 Å². The van der Waals surface area contributed by atoms with E-state index < -0.39 is 5.82 Å². The van der Waals surface area contributed by atoms with E-state index in [1.165, 1.54) is 18.9 Å². The molecule has 6 nitrogen and oxygen atoms in total. The van der Waals surface area contributed by atoms with Gasteiger partial charge in [0.1, 0.15) is 11.6 Å². The molecule has 1 amide bonds. The van der Waals surface area contributed by atoms with Gasteiger partial charge in [-0.3, -0.25) is 15.1 Å². The number of ether oxygens (including phenoxy) is 1. The van der Waals surface area contributed by atoms with Crippen LogP contribution in [0.1, 0.15) is 61.5 Å². The van der Waals surface area contributed by atoms with Crippen molar-refractivity contribution in [2.45, 2.75) is 58.9 Å². The largest absolute Gasteiger partial charge is 0.496 e. The number of benzene rings is 2. The van der Waals surface area contributed by atoms with E-state index in [0.29, 0.717) is 36.5 Å². The Morgan fingerprint density at radius 3 is 2.81 bits per heavy atom. The summed E-state index contributed by atoms with van der Waals surface area (Å²) in [5.41, 5.74) is 1.64. The fourth-order valence-corrected chi connectivity index (χ4v) is 5.18. The summed E-state index contributed by atoms with van der Waals surface area (Å²) in [4.78, 5) is 20.4. The van der Waals surface area contributed by atoms with Crippen molar-refractivity contribution >= 4 is 27.8 Å².